The van der Waals surface area contributed by atoms with Crippen LogP contribution in [0.4, 0.5) is 0 Å². The smallest absolute Gasteiger partial charge is 0.0807 e. The second-order valence-electron chi connectivity index (χ2n) is 6.17. The zero-order chi connectivity index (χ0) is 14.7. The van der Waals surface area contributed by atoms with E-state index in [1.54, 1.807) is 0 Å². The van der Waals surface area contributed by atoms with E-state index in [-0.39, 0.29) is 5.60 Å². The predicted octanol–water partition coefficient (Wildman–Crippen LogP) is 3.77. The SMILES string of the molecule is CCCNCC1(OCCOCCC)CCC(CC)CC1. The van der Waals surface area contributed by atoms with Crippen LogP contribution in [-0.4, -0.2) is 38.5 Å². The largest absolute Gasteiger partial charge is 0.379 e. The molecule has 1 aliphatic carbocycles. The Bertz CT molecular complexity index is 220. The summed E-state index contributed by atoms with van der Waals surface area (Å²) in [6.45, 7) is 11.1. The van der Waals surface area contributed by atoms with Gasteiger partial charge in [-0.05, 0) is 51.0 Å². The van der Waals surface area contributed by atoms with E-state index in [0.29, 0.717) is 0 Å². The summed E-state index contributed by atoms with van der Waals surface area (Å²) in [6, 6.07) is 0. The minimum absolute atomic E-state index is 0.0659. The molecule has 0 spiro atoms. The molecule has 1 fully saturated rings. The molecule has 0 unspecified atom stereocenters. The van der Waals surface area contributed by atoms with E-state index in [2.05, 4.69) is 26.1 Å². The van der Waals surface area contributed by atoms with Gasteiger partial charge in [0.1, 0.15) is 0 Å². The van der Waals surface area contributed by atoms with Crippen molar-refractivity contribution in [1.82, 2.24) is 5.32 Å². The first kappa shape index (κ1) is 17.9. The summed E-state index contributed by atoms with van der Waals surface area (Å²) in [5, 5.41) is 3.56. The molecule has 0 saturated heterocycles. The Kier molecular flexibility index (Phi) is 9.49. The lowest BCUT2D eigenvalue weighted by atomic mass is 9.77. The number of rotatable bonds is 11. The molecule has 20 heavy (non-hydrogen) atoms. The average Bonchev–Trinajstić information content (AvgIpc) is 2.48. The number of ether oxygens (including phenoxy) is 2. The van der Waals surface area contributed by atoms with Gasteiger partial charge in [0.25, 0.3) is 0 Å². The van der Waals surface area contributed by atoms with Crippen molar-refractivity contribution in [2.24, 2.45) is 5.92 Å². The van der Waals surface area contributed by atoms with Crippen LogP contribution in [0.2, 0.25) is 0 Å². The highest BCUT2D eigenvalue weighted by atomic mass is 16.5. The molecule has 1 saturated carbocycles. The summed E-state index contributed by atoms with van der Waals surface area (Å²) < 4.78 is 11.8. The highest BCUT2D eigenvalue weighted by Crippen LogP contribution is 2.35. The Hall–Kier alpha value is -0.120. The van der Waals surface area contributed by atoms with E-state index in [4.69, 9.17) is 9.47 Å². The third-order valence-electron chi connectivity index (χ3n) is 4.45. The van der Waals surface area contributed by atoms with Crippen molar-refractivity contribution in [2.75, 3.05) is 32.9 Å². The fourth-order valence-electron chi connectivity index (χ4n) is 3.04. The van der Waals surface area contributed by atoms with Gasteiger partial charge in [-0.1, -0.05) is 27.2 Å². The van der Waals surface area contributed by atoms with E-state index in [1.807, 2.05) is 0 Å². The number of nitrogens with one attached hydrogen (secondary N) is 1. The highest BCUT2D eigenvalue weighted by molar-refractivity contribution is 4.89. The first-order valence-corrected chi connectivity index (χ1v) is 8.68. The molecular weight excluding hydrogens is 250 g/mol. The normalized spacial score (nSPS) is 26.9. The molecule has 0 bridgehead atoms. The van der Waals surface area contributed by atoms with Crippen molar-refractivity contribution in [2.45, 2.75) is 71.3 Å². The van der Waals surface area contributed by atoms with Crippen LogP contribution in [0.15, 0.2) is 0 Å². The summed E-state index contributed by atoms with van der Waals surface area (Å²) in [5.74, 6) is 0.911. The summed E-state index contributed by atoms with van der Waals surface area (Å²) in [5.41, 5.74) is 0.0659. The standard InChI is InChI=1S/C17H35NO2/c1-4-11-18-15-17(20-14-13-19-12-5-2)9-7-16(6-3)8-10-17/h16,18H,4-15H2,1-3H3. The Morgan fingerprint density at radius 2 is 1.75 bits per heavy atom. The van der Waals surface area contributed by atoms with Crippen molar-refractivity contribution >= 4 is 0 Å². The molecule has 0 atom stereocenters. The Balaban J connectivity index is 2.35. The first-order chi connectivity index (χ1) is 9.76. The Labute approximate surface area is 125 Å². The monoisotopic (exact) mass is 285 g/mol. The van der Waals surface area contributed by atoms with E-state index >= 15 is 0 Å². The fourth-order valence-corrected chi connectivity index (χ4v) is 3.04. The van der Waals surface area contributed by atoms with Gasteiger partial charge in [0, 0.05) is 13.2 Å². The van der Waals surface area contributed by atoms with Gasteiger partial charge in [0.15, 0.2) is 0 Å². The third-order valence-corrected chi connectivity index (χ3v) is 4.45. The van der Waals surface area contributed by atoms with Gasteiger partial charge in [-0.2, -0.15) is 0 Å². The maximum absolute atomic E-state index is 6.27. The molecule has 3 nitrogen and oxygen atoms in total. The molecule has 1 aliphatic rings. The van der Waals surface area contributed by atoms with Crippen LogP contribution in [0.25, 0.3) is 0 Å². The summed E-state index contributed by atoms with van der Waals surface area (Å²) in [7, 11) is 0. The molecule has 0 radical (unpaired) electrons. The highest BCUT2D eigenvalue weighted by Gasteiger charge is 2.35. The van der Waals surface area contributed by atoms with Gasteiger partial charge in [0.05, 0.1) is 18.8 Å². The molecule has 0 heterocycles. The molecule has 0 aromatic rings. The lowest BCUT2D eigenvalue weighted by molar-refractivity contribution is -0.0926. The maximum Gasteiger partial charge on any atom is 0.0807 e. The first-order valence-electron chi connectivity index (χ1n) is 8.68. The molecule has 0 aliphatic heterocycles. The molecule has 0 aromatic heterocycles. The van der Waals surface area contributed by atoms with E-state index in [0.717, 1.165) is 45.2 Å². The lowest BCUT2D eigenvalue weighted by Gasteiger charge is -2.40. The second-order valence-corrected chi connectivity index (χ2v) is 6.17. The average molecular weight is 285 g/mol. The second kappa shape index (κ2) is 10.6. The summed E-state index contributed by atoms with van der Waals surface area (Å²) in [4.78, 5) is 0. The van der Waals surface area contributed by atoms with Crippen LogP contribution in [0.5, 0.6) is 0 Å². The van der Waals surface area contributed by atoms with Crippen LogP contribution in [-0.2, 0) is 9.47 Å². The van der Waals surface area contributed by atoms with Crippen LogP contribution in [0.3, 0.4) is 0 Å². The van der Waals surface area contributed by atoms with Gasteiger partial charge in [0.2, 0.25) is 0 Å². The van der Waals surface area contributed by atoms with Gasteiger partial charge >= 0.3 is 0 Å². The van der Waals surface area contributed by atoms with Gasteiger partial charge in [-0.25, -0.2) is 0 Å². The summed E-state index contributed by atoms with van der Waals surface area (Å²) in [6.07, 6.45) is 8.64. The quantitative estimate of drug-likeness (QED) is 0.586. The third kappa shape index (κ3) is 6.55. The van der Waals surface area contributed by atoms with E-state index < -0.39 is 0 Å². The molecule has 1 N–H and O–H groups in total. The molecule has 120 valence electrons. The van der Waals surface area contributed by atoms with Crippen LogP contribution >= 0.6 is 0 Å². The number of hydrogen-bond donors (Lipinski definition) is 1. The van der Waals surface area contributed by atoms with Crippen molar-refractivity contribution in [1.29, 1.82) is 0 Å². The maximum atomic E-state index is 6.27. The van der Waals surface area contributed by atoms with Crippen molar-refractivity contribution < 1.29 is 9.47 Å². The van der Waals surface area contributed by atoms with Crippen molar-refractivity contribution in [3.8, 4) is 0 Å². The van der Waals surface area contributed by atoms with Crippen LogP contribution < -0.4 is 5.32 Å². The van der Waals surface area contributed by atoms with Gasteiger partial charge in [-0.15, -0.1) is 0 Å². The fraction of sp³-hybridized carbons (Fsp3) is 1.00. The zero-order valence-electron chi connectivity index (χ0n) is 13.9. The van der Waals surface area contributed by atoms with Crippen LogP contribution in [0.1, 0.15) is 65.7 Å². The molecule has 1 rings (SSSR count). The van der Waals surface area contributed by atoms with Gasteiger partial charge < -0.3 is 14.8 Å². The zero-order valence-corrected chi connectivity index (χ0v) is 13.9. The lowest BCUT2D eigenvalue weighted by Crippen LogP contribution is -2.46. The molecule has 0 amide bonds. The molecule has 3 heteroatoms. The Morgan fingerprint density at radius 3 is 2.35 bits per heavy atom. The van der Waals surface area contributed by atoms with E-state index in [9.17, 15) is 0 Å². The van der Waals surface area contributed by atoms with Crippen molar-refractivity contribution in [3.05, 3.63) is 0 Å². The Morgan fingerprint density at radius 1 is 1.00 bits per heavy atom. The minimum atomic E-state index is 0.0659. The summed E-state index contributed by atoms with van der Waals surface area (Å²) >= 11 is 0. The minimum Gasteiger partial charge on any atom is -0.379 e. The topological polar surface area (TPSA) is 30.5 Å². The van der Waals surface area contributed by atoms with Crippen molar-refractivity contribution in [3.63, 3.8) is 0 Å². The molecular formula is C17H35NO2. The van der Waals surface area contributed by atoms with Gasteiger partial charge in [-0.3, -0.25) is 0 Å². The van der Waals surface area contributed by atoms with E-state index in [1.165, 1.54) is 38.5 Å². The van der Waals surface area contributed by atoms with Crippen LogP contribution in [0, 0.1) is 5.92 Å². The molecule has 0 aromatic carbocycles. The number of hydrogen-bond acceptors (Lipinski definition) is 3. The predicted molar refractivity (Wildman–Crippen MR) is 85.2 cm³/mol.